The second-order valence-corrected chi connectivity index (χ2v) is 5.97. The molecule has 0 saturated carbocycles. The zero-order valence-electron chi connectivity index (χ0n) is 11.5. The van der Waals surface area contributed by atoms with Gasteiger partial charge in [-0.05, 0) is 42.2 Å². The minimum atomic E-state index is 0.109. The molecule has 2 unspecified atom stereocenters. The number of piperidine rings is 1. The Morgan fingerprint density at radius 1 is 1.53 bits per heavy atom. The summed E-state index contributed by atoms with van der Waals surface area (Å²) in [6.07, 6.45) is 2.33. The number of nitrogens with zero attached hydrogens (tertiary/aromatic N) is 1. The van der Waals surface area contributed by atoms with E-state index in [1.165, 1.54) is 5.56 Å². The summed E-state index contributed by atoms with van der Waals surface area (Å²) < 4.78 is 5.61. The second kappa shape index (κ2) is 7.36. The van der Waals surface area contributed by atoms with E-state index in [1.807, 2.05) is 0 Å². The zero-order valence-corrected chi connectivity index (χ0v) is 12.3. The Balaban J connectivity index is 1.91. The molecule has 0 amide bonds. The van der Waals surface area contributed by atoms with Crippen molar-refractivity contribution in [2.45, 2.75) is 38.0 Å². The average Bonchev–Trinajstić information content (AvgIpc) is 2.91. The number of likely N-dealkylation sites (tertiary alicyclic amines) is 1. The van der Waals surface area contributed by atoms with Gasteiger partial charge in [-0.3, -0.25) is 4.90 Å². The molecule has 1 aliphatic rings. The van der Waals surface area contributed by atoms with Crippen molar-refractivity contribution in [3.63, 3.8) is 0 Å². The fourth-order valence-electron chi connectivity index (χ4n) is 2.83. The molecule has 3 N–H and O–H groups in total. The van der Waals surface area contributed by atoms with Crippen molar-refractivity contribution in [2.24, 2.45) is 5.73 Å². The van der Waals surface area contributed by atoms with Crippen LogP contribution in [-0.2, 0) is 4.74 Å². The summed E-state index contributed by atoms with van der Waals surface area (Å²) in [5.74, 6) is 0. The van der Waals surface area contributed by atoms with Crippen LogP contribution >= 0.6 is 11.3 Å². The molecule has 1 fully saturated rings. The van der Waals surface area contributed by atoms with Gasteiger partial charge in [-0.1, -0.05) is 0 Å². The van der Waals surface area contributed by atoms with Gasteiger partial charge < -0.3 is 15.6 Å². The number of aliphatic hydroxyl groups excluding tert-OH is 1. The fourth-order valence-corrected chi connectivity index (χ4v) is 3.52. The highest BCUT2D eigenvalue weighted by atomic mass is 32.1. The molecule has 1 aromatic rings. The molecule has 0 radical (unpaired) electrons. The number of rotatable bonds is 6. The Morgan fingerprint density at radius 3 is 2.79 bits per heavy atom. The number of nitrogens with two attached hydrogens (primary N) is 1. The van der Waals surface area contributed by atoms with Crippen molar-refractivity contribution < 1.29 is 9.84 Å². The molecule has 108 valence electrons. The third-order valence-electron chi connectivity index (χ3n) is 3.70. The van der Waals surface area contributed by atoms with E-state index in [2.05, 4.69) is 28.7 Å². The minimum absolute atomic E-state index is 0.109. The molecule has 0 aromatic carbocycles. The highest BCUT2D eigenvalue weighted by Gasteiger charge is 2.28. The normalized spacial score (nSPS) is 21.4. The van der Waals surface area contributed by atoms with Crippen LogP contribution in [0.25, 0.3) is 0 Å². The van der Waals surface area contributed by atoms with Crippen LogP contribution in [0.5, 0.6) is 0 Å². The van der Waals surface area contributed by atoms with Crippen LogP contribution < -0.4 is 5.73 Å². The van der Waals surface area contributed by atoms with E-state index in [0.717, 1.165) is 25.9 Å². The molecule has 0 spiro atoms. The van der Waals surface area contributed by atoms with Gasteiger partial charge in [-0.25, -0.2) is 0 Å². The molecule has 1 saturated heterocycles. The van der Waals surface area contributed by atoms with E-state index in [4.69, 9.17) is 15.6 Å². The van der Waals surface area contributed by atoms with E-state index in [-0.39, 0.29) is 12.6 Å². The summed E-state index contributed by atoms with van der Waals surface area (Å²) in [6.45, 7) is 4.66. The quantitative estimate of drug-likeness (QED) is 0.833. The van der Waals surface area contributed by atoms with E-state index < -0.39 is 0 Å². The Bertz CT molecular complexity index is 348. The molecule has 0 bridgehead atoms. The molecule has 4 nitrogen and oxygen atoms in total. The van der Waals surface area contributed by atoms with E-state index in [0.29, 0.717) is 18.8 Å². The third-order valence-corrected chi connectivity index (χ3v) is 4.40. The first-order chi connectivity index (χ1) is 9.22. The molecule has 5 heteroatoms. The van der Waals surface area contributed by atoms with E-state index >= 15 is 0 Å². The molecular weight excluding hydrogens is 260 g/mol. The van der Waals surface area contributed by atoms with Gasteiger partial charge in [-0.2, -0.15) is 11.3 Å². The van der Waals surface area contributed by atoms with Gasteiger partial charge in [0.05, 0.1) is 25.4 Å². The van der Waals surface area contributed by atoms with Gasteiger partial charge in [0, 0.05) is 19.1 Å². The van der Waals surface area contributed by atoms with Crippen LogP contribution in [0.1, 0.15) is 31.4 Å². The van der Waals surface area contributed by atoms with Gasteiger partial charge in [0.1, 0.15) is 0 Å². The molecular formula is C14H24N2O2S. The monoisotopic (exact) mass is 284 g/mol. The summed E-state index contributed by atoms with van der Waals surface area (Å²) in [5, 5.41) is 13.1. The lowest BCUT2D eigenvalue weighted by atomic mass is 9.98. The Hall–Kier alpha value is -0.460. The van der Waals surface area contributed by atoms with E-state index in [9.17, 15) is 0 Å². The number of hydrogen-bond acceptors (Lipinski definition) is 5. The van der Waals surface area contributed by atoms with Gasteiger partial charge in [0.25, 0.3) is 0 Å². The van der Waals surface area contributed by atoms with Crippen LogP contribution in [-0.4, -0.2) is 48.5 Å². The van der Waals surface area contributed by atoms with Crippen molar-refractivity contribution in [1.29, 1.82) is 0 Å². The summed E-state index contributed by atoms with van der Waals surface area (Å²) >= 11 is 1.73. The van der Waals surface area contributed by atoms with Crippen LogP contribution in [0.3, 0.4) is 0 Å². The lowest BCUT2D eigenvalue weighted by molar-refractivity contribution is -0.0172. The molecule has 19 heavy (non-hydrogen) atoms. The molecule has 0 aliphatic carbocycles. The van der Waals surface area contributed by atoms with Crippen LogP contribution in [0.2, 0.25) is 0 Å². The zero-order chi connectivity index (χ0) is 13.7. The molecule has 1 aliphatic heterocycles. The maximum absolute atomic E-state index is 8.78. The summed E-state index contributed by atoms with van der Waals surface area (Å²) in [5.41, 5.74) is 7.50. The second-order valence-electron chi connectivity index (χ2n) is 5.19. The van der Waals surface area contributed by atoms with Crippen LogP contribution in [0, 0.1) is 0 Å². The number of hydrogen-bond donors (Lipinski definition) is 2. The third kappa shape index (κ3) is 4.00. The Labute approximate surface area is 119 Å². The predicted molar refractivity (Wildman–Crippen MR) is 78.3 cm³/mol. The Morgan fingerprint density at radius 2 is 2.26 bits per heavy atom. The lowest BCUT2D eigenvalue weighted by Crippen LogP contribution is -2.45. The smallest absolute Gasteiger partial charge is 0.0701 e. The average molecular weight is 284 g/mol. The molecule has 1 aromatic heterocycles. The minimum Gasteiger partial charge on any atom is -0.394 e. The van der Waals surface area contributed by atoms with Gasteiger partial charge in [0.15, 0.2) is 0 Å². The summed E-state index contributed by atoms with van der Waals surface area (Å²) in [6, 6.07) is 2.61. The van der Waals surface area contributed by atoms with Gasteiger partial charge in [0.2, 0.25) is 0 Å². The van der Waals surface area contributed by atoms with Crippen molar-refractivity contribution in [2.75, 3.05) is 26.3 Å². The van der Waals surface area contributed by atoms with Gasteiger partial charge in [-0.15, -0.1) is 0 Å². The van der Waals surface area contributed by atoms with E-state index in [1.54, 1.807) is 11.3 Å². The summed E-state index contributed by atoms with van der Waals surface area (Å²) in [7, 11) is 0. The SMILES string of the molecule is CC(N)C(c1ccsc1)N1CCC(OCCO)CC1. The first-order valence-electron chi connectivity index (χ1n) is 6.96. The van der Waals surface area contributed by atoms with Crippen molar-refractivity contribution >= 4 is 11.3 Å². The number of aliphatic hydroxyl groups is 1. The molecule has 2 atom stereocenters. The lowest BCUT2D eigenvalue weighted by Gasteiger charge is -2.39. The van der Waals surface area contributed by atoms with Crippen LogP contribution in [0.15, 0.2) is 16.8 Å². The van der Waals surface area contributed by atoms with Crippen molar-refractivity contribution in [1.82, 2.24) is 4.90 Å². The number of thiophene rings is 1. The first kappa shape index (κ1) is 14.9. The topological polar surface area (TPSA) is 58.7 Å². The highest BCUT2D eigenvalue weighted by molar-refractivity contribution is 7.07. The predicted octanol–water partition coefficient (Wildman–Crippen LogP) is 1.61. The maximum atomic E-state index is 8.78. The maximum Gasteiger partial charge on any atom is 0.0701 e. The van der Waals surface area contributed by atoms with Gasteiger partial charge >= 0.3 is 0 Å². The molecule has 2 heterocycles. The van der Waals surface area contributed by atoms with Crippen molar-refractivity contribution in [3.8, 4) is 0 Å². The summed E-state index contributed by atoms with van der Waals surface area (Å²) in [4.78, 5) is 2.46. The standard InChI is InChI=1S/C14H24N2O2S/c1-11(15)14(12-4-9-19-10-12)16-5-2-13(3-6-16)18-8-7-17/h4,9-11,13-14,17H,2-3,5-8,15H2,1H3. The highest BCUT2D eigenvalue weighted by Crippen LogP contribution is 2.29. The Kier molecular flexibility index (Phi) is 5.78. The first-order valence-corrected chi connectivity index (χ1v) is 7.91. The largest absolute Gasteiger partial charge is 0.394 e. The molecule has 2 rings (SSSR count). The van der Waals surface area contributed by atoms with Crippen molar-refractivity contribution in [3.05, 3.63) is 22.4 Å². The fraction of sp³-hybridized carbons (Fsp3) is 0.714. The number of ether oxygens (including phenoxy) is 1. The van der Waals surface area contributed by atoms with Crippen LogP contribution in [0.4, 0.5) is 0 Å².